The first kappa shape index (κ1) is 11.8. The number of ether oxygens (including phenoxy) is 1. The third-order valence-electron chi connectivity index (χ3n) is 2.45. The maximum Gasteiger partial charge on any atom is 0.331 e. The number of esters is 1. The zero-order valence-electron chi connectivity index (χ0n) is 8.99. The van der Waals surface area contributed by atoms with Crippen LogP contribution in [0, 0.1) is 0 Å². The van der Waals surface area contributed by atoms with Crippen molar-refractivity contribution in [2.45, 2.75) is 38.2 Å². The number of carbonyl (C=O) groups excluding carboxylic acids is 2. The lowest BCUT2D eigenvalue weighted by atomic mass is 9.98. The van der Waals surface area contributed by atoms with Crippen LogP contribution in [0.3, 0.4) is 0 Å². The molecular weight excluding hydrogens is 194 g/mol. The quantitative estimate of drug-likeness (QED) is 0.563. The van der Waals surface area contributed by atoms with E-state index in [1.165, 1.54) is 25.6 Å². The largest absolute Gasteiger partial charge is 0.459 e. The fraction of sp³-hybridized carbons (Fsp3) is 0.636. The monoisotopic (exact) mass is 211 g/mol. The van der Waals surface area contributed by atoms with Crippen molar-refractivity contribution in [3.05, 3.63) is 12.2 Å². The average Bonchev–Trinajstić information content (AvgIpc) is 2.27. The molecule has 0 aliphatic heterocycles. The Labute approximate surface area is 89.7 Å². The van der Waals surface area contributed by atoms with Gasteiger partial charge in [-0.05, 0) is 25.7 Å². The van der Waals surface area contributed by atoms with Crippen LogP contribution in [0.15, 0.2) is 12.2 Å². The molecule has 4 heteroatoms. The molecule has 1 aliphatic carbocycles. The summed E-state index contributed by atoms with van der Waals surface area (Å²) in [5, 5.41) is 2.39. The Kier molecular flexibility index (Phi) is 4.87. The van der Waals surface area contributed by atoms with Crippen LogP contribution in [-0.2, 0) is 14.3 Å². The minimum atomic E-state index is -0.425. The van der Waals surface area contributed by atoms with Gasteiger partial charge in [0.15, 0.2) is 0 Å². The molecule has 0 atom stereocenters. The van der Waals surface area contributed by atoms with Gasteiger partial charge in [0.25, 0.3) is 0 Å². The smallest absolute Gasteiger partial charge is 0.331 e. The minimum Gasteiger partial charge on any atom is -0.459 e. The van der Waals surface area contributed by atoms with Gasteiger partial charge in [0.1, 0.15) is 6.10 Å². The number of carbonyl (C=O) groups is 2. The van der Waals surface area contributed by atoms with Crippen LogP contribution in [0.5, 0.6) is 0 Å². The lowest BCUT2D eigenvalue weighted by molar-refractivity contribution is -0.144. The number of hydrogen-bond acceptors (Lipinski definition) is 3. The third kappa shape index (κ3) is 4.63. The van der Waals surface area contributed by atoms with Crippen LogP contribution in [0.2, 0.25) is 0 Å². The molecule has 84 valence electrons. The van der Waals surface area contributed by atoms with Crippen LogP contribution in [0.4, 0.5) is 0 Å². The van der Waals surface area contributed by atoms with Gasteiger partial charge >= 0.3 is 5.97 Å². The molecule has 0 aromatic heterocycles. The van der Waals surface area contributed by atoms with E-state index in [2.05, 4.69) is 5.32 Å². The second-order valence-electron chi connectivity index (χ2n) is 3.64. The Morgan fingerprint density at radius 1 is 1.20 bits per heavy atom. The van der Waals surface area contributed by atoms with Gasteiger partial charge in [-0.25, -0.2) is 4.79 Å². The molecule has 0 spiro atoms. The summed E-state index contributed by atoms with van der Waals surface area (Å²) in [6.07, 6.45) is 7.76. The molecule has 1 saturated carbocycles. The van der Waals surface area contributed by atoms with Gasteiger partial charge in [0, 0.05) is 19.2 Å². The topological polar surface area (TPSA) is 55.4 Å². The van der Waals surface area contributed by atoms with Crippen molar-refractivity contribution < 1.29 is 14.3 Å². The normalized spacial score (nSPS) is 17.7. The van der Waals surface area contributed by atoms with E-state index in [9.17, 15) is 9.59 Å². The van der Waals surface area contributed by atoms with E-state index in [-0.39, 0.29) is 12.0 Å². The summed E-state index contributed by atoms with van der Waals surface area (Å²) in [5.74, 6) is -0.721. The maximum atomic E-state index is 11.2. The number of rotatable bonds is 3. The Morgan fingerprint density at radius 3 is 2.47 bits per heavy atom. The van der Waals surface area contributed by atoms with Crippen molar-refractivity contribution in [2.24, 2.45) is 0 Å². The molecule has 1 aliphatic rings. The van der Waals surface area contributed by atoms with Crippen molar-refractivity contribution >= 4 is 11.9 Å². The van der Waals surface area contributed by atoms with E-state index < -0.39 is 5.97 Å². The second-order valence-corrected chi connectivity index (χ2v) is 3.64. The van der Waals surface area contributed by atoms with E-state index in [1.54, 1.807) is 0 Å². The third-order valence-corrected chi connectivity index (χ3v) is 2.45. The highest BCUT2D eigenvalue weighted by Crippen LogP contribution is 2.20. The molecule has 0 heterocycles. The van der Waals surface area contributed by atoms with Crippen molar-refractivity contribution in [2.75, 3.05) is 7.05 Å². The highest BCUT2D eigenvalue weighted by molar-refractivity contribution is 5.94. The number of hydrogen-bond donors (Lipinski definition) is 1. The summed E-state index contributed by atoms with van der Waals surface area (Å²) < 4.78 is 5.18. The molecule has 1 N–H and O–H groups in total. The van der Waals surface area contributed by atoms with E-state index in [0.29, 0.717) is 0 Å². The predicted molar refractivity (Wildman–Crippen MR) is 56.2 cm³/mol. The van der Waals surface area contributed by atoms with Gasteiger partial charge in [-0.2, -0.15) is 0 Å². The van der Waals surface area contributed by atoms with Crippen molar-refractivity contribution in [3.63, 3.8) is 0 Å². The molecule has 4 nitrogen and oxygen atoms in total. The molecule has 1 rings (SSSR count). The van der Waals surface area contributed by atoms with E-state index >= 15 is 0 Å². The molecule has 1 amide bonds. The standard InChI is InChI=1S/C11H17NO3/c1-12-10(13)7-8-11(14)15-9-5-3-2-4-6-9/h7-9H,2-6H2,1H3,(H,12,13)/b8-7-. The van der Waals surface area contributed by atoms with Gasteiger partial charge in [0.2, 0.25) is 5.91 Å². The second kappa shape index (κ2) is 6.22. The number of amides is 1. The minimum absolute atomic E-state index is 0.0422. The van der Waals surface area contributed by atoms with Crippen molar-refractivity contribution in [3.8, 4) is 0 Å². The molecule has 0 bridgehead atoms. The van der Waals surface area contributed by atoms with Crippen molar-refractivity contribution in [1.29, 1.82) is 0 Å². The highest BCUT2D eigenvalue weighted by Gasteiger charge is 2.16. The average molecular weight is 211 g/mol. The van der Waals surface area contributed by atoms with Gasteiger partial charge < -0.3 is 10.1 Å². The summed E-state index contributed by atoms with van der Waals surface area (Å²) in [6.45, 7) is 0. The van der Waals surface area contributed by atoms with Crippen molar-refractivity contribution in [1.82, 2.24) is 5.32 Å². The van der Waals surface area contributed by atoms with Crippen LogP contribution in [0.25, 0.3) is 0 Å². The summed E-state index contributed by atoms with van der Waals surface area (Å²) in [6, 6.07) is 0. The Hall–Kier alpha value is -1.32. The molecule has 0 radical (unpaired) electrons. The molecule has 0 aromatic carbocycles. The molecule has 0 aromatic rings. The zero-order chi connectivity index (χ0) is 11.1. The highest BCUT2D eigenvalue weighted by atomic mass is 16.5. The zero-order valence-corrected chi connectivity index (χ0v) is 8.99. The van der Waals surface area contributed by atoms with Gasteiger partial charge in [-0.1, -0.05) is 6.42 Å². The van der Waals surface area contributed by atoms with Crippen LogP contribution >= 0.6 is 0 Å². The Bertz CT molecular complexity index is 255. The predicted octanol–water partition coefficient (Wildman–Crippen LogP) is 1.16. The first-order valence-electron chi connectivity index (χ1n) is 5.33. The first-order chi connectivity index (χ1) is 7.22. The van der Waals surface area contributed by atoms with Crippen LogP contribution in [0.1, 0.15) is 32.1 Å². The molecule has 15 heavy (non-hydrogen) atoms. The first-order valence-corrected chi connectivity index (χ1v) is 5.33. The maximum absolute atomic E-state index is 11.2. The Balaban J connectivity index is 2.28. The molecule has 1 fully saturated rings. The summed E-state index contributed by atoms with van der Waals surface area (Å²) >= 11 is 0. The van der Waals surface area contributed by atoms with Crippen LogP contribution in [-0.4, -0.2) is 25.0 Å². The SMILES string of the molecule is CNC(=O)/C=C\C(=O)OC1CCCCC1. The van der Waals surface area contributed by atoms with E-state index in [4.69, 9.17) is 4.74 Å². The lowest BCUT2D eigenvalue weighted by Gasteiger charge is -2.20. The molecule has 0 saturated heterocycles. The fourth-order valence-corrected chi connectivity index (χ4v) is 1.61. The van der Waals surface area contributed by atoms with Gasteiger partial charge in [-0.15, -0.1) is 0 Å². The lowest BCUT2D eigenvalue weighted by Crippen LogP contribution is -2.20. The Morgan fingerprint density at radius 2 is 1.87 bits per heavy atom. The number of likely N-dealkylation sites (N-methyl/N-ethyl adjacent to an activating group) is 1. The molecule has 0 unspecified atom stereocenters. The van der Waals surface area contributed by atoms with E-state index in [0.717, 1.165) is 25.7 Å². The van der Waals surface area contributed by atoms with Gasteiger partial charge in [0.05, 0.1) is 0 Å². The number of nitrogens with one attached hydrogen (secondary N) is 1. The summed E-state index contributed by atoms with van der Waals surface area (Å²) in [4.78, 5) is 22.0. The molecular formula is C11H17NO3. The summed E-state index contributed by atoms with van der Waals surface area (Å²) in [5.41, 5.74) is 0. The van der Waals surface area contributed by atoms with Gasteiger partial charge in [-0.3, -0.25) is 4.79 Å². The fourth-order valence-electron chi connectivity index (χ4n) is 1.61. The van der Waals surface area contributed by atoms with Crippen LogP contribution < -0.4 is 5.32 Å². The van der Waals surface area contributed by atoms with E-state index in [1.807, 2.05) is 0 Å². The summed E-state index contributed by atoms with van der Waals surface area (Å²) in [7, 11) is 1.51.